The van der Waals surface area contributed by atoms with Crippen molar-refractivity contribution in [2.24, 2.45) is 0 Å². The Kier molecular flexibility index (Phi) is 9.20. The van der Waals surface area contributed by atoms with Crippen molar-refractivity contribution in [2.75, 3.05) is 0 Å². The Morgan fingerprint density at radius 1 is 1.16 bits per heavy atom. The molecule has 0 spiro atoms. The predicted octanol–water partition coefficient (Wildman–Crippen LogP) is 1.07. The molecule has 2 aromatic rings. The summed E-state index contributed by atoms with van der Waals surface area (Å²) in [6, 6.07) is 0. The van der Waals surface area contributed by atoms with Gasteiger partial charge in [-0.25, -0.2) is 9.97 Å². The average Bonchev–Trinajstić information content (AvgIpc) is 2.97. The first-order valence-electron chi connectivity index (χ1n) is 5.75. The van der Waals surface area contributed by atoms with E-state index < -0.39 is 0 Å². The van der Waals surface area contributed by atoms with Crippen molar-refractivity contribution in [1.29, 1.82) is 0 Å². The third-order valence-electron chi connectivity index (χ3n) is 2.26. The Hall–Kier alpha value is -0.473. The fraction of sp³-hybridized carbons (Fsp3) is 0.385. The maximum atomic E-state index is 12.0. The van der Waals surface area contributed by atoms with Crippen molar-refractivity contribution in [3.63, 3.8) is 0 Å². The SMILES string of the molecule is Cc1ncsc1C(=O)c1scnc1C.[CH2-]CCC.[Li+]. The van der Waals surface area contributed by atoms with E-state index in [2.05, 4.69) is 23.8 Å². The molecule has 0 saturated heterocycles. The number of thiazole rings is 2. The number of aromatic nitrogens is 2. The van der Waals surface area contributed by atoms with Gasteiger partial charge in [-0.2, -0.15) is 6.42 Å². The van der Waals surface area contributed by atoms with Crippen molar-refractivity contribution in [3.05, 3.63) is 39.1 Å². The summed E-state index contributed by atoms with van der Waals surface area (Å²) in [5.41, 5.74) is 4.98. The van der Waals surface area contributed by atoms with Crippen LogP contribution >= 0.6 is 22.7 Å². The molecule has 3 nitrogen and oxygen atoms in total. The summed E-state index contributed by atoms with van der Waals surface area (Å²) in [6.45, 7) is 9.42. The number of ketones is 1. The van der Waals surface area contributed by atoms with Gasteiger partial charge in [0.15, 0.2) is 0 Å². The average molecular weight is 288 g/mol. The van der Waals surface area contributed by atoms with Crippen molar-refractivity contribution in [1.82, 2.24) is 9.97 Å². The van der Waals surface area contributed by atoms with Gasteiger partial charge >= 0.3 is 18.9 Å². The Morgan fingerprint density at radius 2 is 1.53 bits per heavy atom. The number of hydrogen-bond acceptors (Lipinski definition) is 5. The molecule has 6 heteroatoms. The topological polar surface area (TPSA) is 42.9 Å². The van der Waals surface area contributed by atoms with Gasteiger partial charge in [0.05, 0.1) is 32.2 Å². The monoisotopic (exact) mass is 288 g/mol. The van der Waals surface area contributed by atoms with Crippen LogP contribution in [0, 0.1) is 20.8 Å². The van der Waals surface area contributed by atoms with Gasteiger partial charge in [0.25, 0.3) is 0 Å². The van der Waals surface area contributed by atoms with E-state index in [-0.39, 0.29) is 24.6 Å². The van der Waals surface area contributed by atoms with Crippen LogP contribution in [0.5, 0.6) is 0 Å². The van der Waals surface area contributed by atoms with E-state index in [1.807, 2.05) is 13.8 Å². The van der Waals surface area contributed by atoms with Gasteiger partial charge in [-0.05, 0) is 13.8 Å². The quantitative estimate of drug-likeness (QED) is 0.482. The zero-order valence-corrected chi connectivity index (χ0v) is 13.5. The van der Waals surface area contributed by atoms with E-state index in [0.29, 0.717) is 0 Å². The van der Waals surface area contributed by atoms with Gasteiger partial charge in [-0.15, -0.1) is 22.7 Å². The molecule has 0 fully saturated rings. The van der Waals surface area contributed by atoms with Crippen molar-refractivity contribution in [3.8, 4) is 0 Å². The van der Waals surface area contributed by atoms with E-state index in [1.54, 1.807) is 11.0 Å². The summed E-state index contributed by atoms with van der Waals surface area (Å²) < 4.78 is 0. The molecule has 0 saturated carbocycles. The molecule has 2 rings (SSSR count). The maximum Gasteiger partial charge on any atom is 1.00 e. The summed E-state index contributed by atoms with van der Waals surface area (Å²) in [6.07, 6.45) is 2.28. The minimum absolute atomic E-state index is 0. The second-order valence-corrected chi connectivity index (χ2v) is 5.43. The molecule has 0 atom stereocenters. The second-order valence-electron chi connectivity index (χ2n) is 3.72. The molecule has 0 N–H and O–H groups in total. The minimum Gasteiger partial charge on any atom is -0.343 e. The van der Waals surface area contributed by atoms with Crippen LogP contribution < -0.4 is 18.9 Å². The van der Waals surface area contributed by atoms with Crippen LogP contribution in [0.4, 0.5) is 0 Å². The second kappa shape index (κ2) is 9.43. The van der Waals surface area contributed by atoms with E-state index in [9.17, 15) is 4.79 Å². The number of hydrogen-bond donors (Lipinski definition) is 0. The van der Waals surface area contributed by atoms with Crippen LogP contribution in [-0.2, 0) is 0 Å². The summed E-state index contributed by atoms with van der Waals surface area (Å²) in [5.74, 6) is 0.0463. The van der Waals surface area contributed by atoms with Crippen LogP contribution in [0.1, 0.15) is 45.7 Å². The molecule has 0 aliphatic heterocycles. The third kappa shape index (κ3) is 5.19. The number of carbonyl (C=O) groups excluding carboxylic acids is 1. The summed E-state index contributed by atoms with van der Waals surface area (Å²) in [7, 11) is 0. The zero-order chi connectivity index (χ0) is 13.5. The van der Waals surface area contributed by atoms with E-state index >= 15 is 0 Å². The molecular weight excluding hydrogens is 271 g/mol. The first-order valence-corrected chi connectivity index (χ1v) is 7.51. The Labute approximate surface area is 134 Å². The third-order valence-corrected chi connectivity index (χ3v) is 4.11. The van der Waals surface area contributed by atoms with Crippen LogP contribution in [0.2, 0.25) is 0 Å². The molecule has 0 radical (unpaired) electrons. The molecule has 0 unspecified atom stereocenters. The fourth-order valence-corrected chi connectivity index (χ4v) is 2.70. The van der Waals surface area contributed by atoms with E-state index in [0.717, 1.165) is 27.6 Å². The number of carbonyl (C=O) groups is 1. The van der Waals surface area contributed by atoms with Gasteiger partial charge in [-0.3, -0.25) is 4.79 Å². The van der Waals surface area contributed by atoms with Crippen molar-refractivity contribution in [2.45, 2.75) is 33.6 Å². The number of aryl methyl sites for hydroxylation is 2. The first-order chi connectivity index (χ1) is 8.61. The van der Waals surface area contributed by atoms with Gasteiger partial charge in [0.2, 0.25) is 5.78 Å². The van der Waals surface area contributed by atoms with Gasteiger partial charge in [0.1, 0.15) is 0 Å². The molecule has 19 heavy (non-hydrogen) atoms. The van der Waals surface area contributed by atoms with Gasteiger partial charge < -0.3 is 6.92 Å². The molecular formula is C13H17LiN2OS2. The van der Waals surface area contributed by atoms with E-state index in [1.165, 1.54) is 29.1 Å². The van der Waals surface area contributed by atoms with Crippen LogP contribution in [-0.4, -0.2) is 15.8 Å². The molecule has 0 aromatic carbocycles. The molecule has 0 bridgehead atoms. The normalized spacial score (nSPS) is 9.26. The maximum absolute atomic E-state index is 12.0. The Morgan fingerprint density at radius 3 is 1.74 bits per heavy atom. The van der Waals surface area contributed by atoms with Crippen molar-refractivity contribution < 1.29 is 23.7 Å². The fourth-order valence-electron chi connectivity index (χ4n) is 1.14. The van der Waals surface area contributed by atoms with Gasteiger partial charge in [0, 0.05) is 0 Å². The smallest absolute Gasteiger partial charge is 0.343 e. The van der Waals surface area contributed by atoms with E-state index in [4.69, 9.17) is 0 Å². The Bertz CT molecular complexity index is 464. The molecule has 98 valence electrons. The minimum atomic E-state index is 0. The molecule has 0 aliphatic carbocycles. The zero-order valence-electron chi connectivity index (χ0n) is 11.9. The van der Waals surface area contributed by atoms with Gasteiger partial charge in [-0.1, -0.05) is 13.3 Å². The standard InChI is InChI=1S/C9H8N2OS2.C4H9.Li/c1-5-8(13-3-10-5)7(12)9-6(2)11-4-14-9;1-3-4-2;/h3-4H,1-2H3;1,3-4H2,2H3;/q;-1;+1. The number of unbranched alkanes of at least 4 members (excludes halogenated alkanes) is 1. The summed E-state index contributed by atoms with van der Waals surface area (Å²) in [5, 5.41) is 0. The number of rotatable bonds is 3. The molecule has 0 amide bonds. The predicted molar refractivity (Wildman–Crippen MR) is 77.4 cm³/mol. The van der Waals surface area contributed by atoms with Crippen LogP contribution in [0.25, 0.3) is 0 Å². The van der Waals surface area contributed by atoms with Crippen LogP contribution in [0.15, 0.2) is 11.0 Å². The van der Waals surface area contributed by atoms with Crippen molar-refractivity contribution >= 4 is 28.5 Å². The Balaban J connectivity index is 0.000000576. The number of nitrogens with zero attached hydrogens (tertiary/aromatic N) is 2. The van der Waals surface area contributed by atoms with Crippen LogP contribution in [0.3, 0.4) is 0 Å². The molecule has 2 aromatic heterocycles. The molecule has 2 heterocycles. The first kappa shape index (κ1) is 18.5. The summed E-state index contributed by atoms with van der Waals surface area (Å²) in [4.78, 5) is 21.5. The molecule has 0 aliphatic rings. The summed E-state index contributed by atoms with van der Waals surface area (Å²) >= 11 is 2.77. The largest absolute Gasteiger partial charge is 1.00 e.